The van der Waals surface area contributed by atoms with Gasteiger partial charge >= 0.3 is 0 Å². The number of ketones is 1. The Kier molecular flexibility index (Phi) is 6.29. The van der Waals surface area contributed by atoms with E-state index in [2.05, 4.69) is 4.98 Å². The molecule has 0 radical (unpaired) electrons. The Hall–Kier alpha value is -4.39. The number of ether oxygens (including phenoxy) is 1. The number of nitrogens with one attached hydrogen (secondary N) is 1. The predicted octanol–water partition coefficient (Wildman–Crippen LogP) is 5.37. The largest absolute Gasteiger partial charge is 0.507 e. The third kappa shape index (κ3) is 4.24. The van der Waals surface area contributed by atoms with E-state index in [4.69, 9.17) is 4.74 Å². The van der Waals surface area contributed by atoms with Crippen molar-refractivity contribution in [3.05, 3.63) is 107 Å². The van der Waals surface area contributed by atoms with Crippen LogP contribution in [0.4, 0.5) is 4.39 Å². The van der Waals surface area contributed by atoms with Crippen LogP contribution in [0.1, 0.15) is 29.7 Å². The average molecular weight is 485 g/mol. The van der Waals surface area contributed by atoms with E-state index in [0.717, 1.165) is 16.5 Å². The highest BCUT2D eigenvalue weighted by atomic mass is 19.1. The Morgan fingerprint density at radius 2 is 1.75 bits per heavy atom. The van der Waals surface area contributed by atoms with Gasteiger partial charge in [-0.15, -0.1) is 0 Å². The van der Waals surface area contributed by atoms with E-state index in [0.29, 0.717) is 24.3 Å². The number of likely N-dealkylation sites (tertiary alicyclic amines) is 1. The summed E-state index contributed by atoms with van der Waals surface area (Å²) in [6.45, 7) is 2.66. The van der Waals surface area contributed by atoms with Crippen LogP contribution >= 0.6 is 0 Å². The van der Waals surface area contributed by atoms with Crippen molar-refractivity contribution in [2.45, 2.75) is 19.4 Å². The number of aliphatic hydroxyl groups is 1. The van der Waals surface area contributed by atoms with Gasteiger partial charge in [-0.05, 0) is 66.9 Å². The lowest BCUT2D eigenvalue weighted by Crippen LogP contribution is -2.31. The van der Waals surface area contributed by atoms with Crippen molar-refractivity contribution in [2.75, 3.05) is 13.2 Å². The van der Waals surface area contributed by atoms with Crippen LogP contribution in [0.5, 0.6) is 5.75 Å². The Morgan fingerprint density at radius 1 is 1.03 bits per heavy atom. The van der Waals surface area contributed by atoms with Crippen molar-refractivity contribution in [1.29, 1.82) is 0 Å². The highest BCUT2D eigenvalue weighted by molar-refractivity contribution is 6.46. The van der Waals surface area contributed by atoms with Gasteiger partial charge in [0.15, 0.2) is 0 Å². The number of Topliss-reactive ketones (excluding diaryl/α,β-unsaturated/α-hetero) is 1. The SMILES string of the molecule is CCOc1ccc(C2/C(=C(\O)c3ccc(F)cc3)C(=O)C(=O)N2CCc2c[nH]c3ccccc23)cc1. The molecular formula is C29H25FN2O4. The van der Waals surface area contributed by atoms with Gasteiger partial charge in [0.25, 0.3) is 11.7 Å². The zero-order chi connectivity index (χ0) is 25.2. The van der Waals surface area contributed by atoms with Gasteiger partial charge in [-0.1, -0.05) is 30.3 Å². The monoisotopic (exact) mass is 484 g/mol. The molecule has 6 nitrogen and oxygen atoms in total. The number of rotatable bonds is 7. The molecular weight excluding hydrogens is 459 g/mol. The molecule has 0 saturated carbocycles. The Bertz CT molecular complexity index is 1450. The maximum atomic E-state index is 13.5. The summed E-state index contributed by atoms with van der Waals surface area (Å²) in [7, 11) is 0. The summed E-state index contributed by atoms with van der Waals surface area (Å²) < 4.78 is 19.0. The molecule has 1 atom stereocenters. The lowest BCUT2D eigenvalue weighted by molar-refractivity contribution is -0.139. The van der Waals surface area contributed by atoms with Crippen molar-refractivity contribution in [3.63, 3.8) is 0 Å². The summed E-state index contributed by atoms with van der Waals surface area (Å²) in [5.74, 6) is -1.59. The maximum Gasteiger partial charge on any atom is 0.295 e. The molecule has 1 aromatic heterocycles. The number of carbonyl (C=O) groups is 2. The molecule has 1 aliphatic heterocycles. The van der Waals surface area contributed by atoms with E-state index >= 15 is 0 Å². The zero-order valence-corrected chi connectivity index (χ0v) is 19.7. The van der Waals surface area contributed by atoms with Crippen LogP contribution in [0.3, 0.4) is 0 Å². The van der Waals surface area contributed by atoms with Crippen LogP contribution in [0, 0.1) is 5.82 Å². The zero-order valence-electron chi connectivity index (χ0n) is 19.7. The number of aliphatic hydroxyl groups excluding tert-OH is 1. The number of fused-ring (bicyclic) bond motifs is 1. The Balaban J connectivity index is 1.55. The number of H-pyrrole nitrogens is 1. The normalized spacial score (nSPS) is 17.2. The second kappa shape index (κ2) is 9.70. The molecule has 182 valence electrons. The molecule has 2 N–H and O–H groups in total. The Morgan fingerprint density at radius 3 is 2.47 bits per heavy atom. The molecule has 0 bridgehead atoms. The van der Waals surface area contributed by atoms with E-state index in [1.54, 1.807) is 24.3 Å². The third-order valence-electron chi connectivity index (χ3n) is 6.46. The molecule has 7 heteroatoms. The van der Waals surface area contributed by atoms with Crippen molar-refractivity contribution in [3.8, 4) is 5.75 Å². The highest BCUT2D eigenvalue weighted by Gasteiger charge is 2.45. The van der Waals surface area contributed by atoms with Crippen LogP contribution in [-0.4, -0.2) is 39.8 Å². The summed E-state index contributed by atoms with van der Waals surface area (Å²) >= 11 is 0. The van der Waals surface area contributed by atoms with E-state index in [1.807, 2.05) is 37.4 Å². The molecule has 3 aromatic carbocycles. The average Bonchev–Trinajstić information content (AvgIpc) is 3.42. The second-order valence-electron chi connectivity index (χ2n) is 8.61. The van der Waals surface area contributed by atoms with Gasteiger partial charge in [-0.3, -0.25) is 9.59 Å². The number of hydrogen-bond acceptors (Lipinski definition) is 4. The standard InChI is InChI=1S/C29H25FN2O4/c1-2-36-22-13-9-18(10-14-22)26-25(27(33)19-7-11-21(30)12-8-19)28(34)29(35)32(26)16-15-20-17-31-24-6-4-3-5-23(20)24/h3-14,17,26,31,33H,2,15-16H2,1H3/b27-25+. The minimum atomic E-state index is -0.795. The first-order valence-corrected chi connectivity index (χ1v) is 11.8. The lowest BCUT2D eigenvalue weighted by atomic mass is 9.95. The highest BCUT2D eigenvalue weighted by Crippen LogP contribution is 2.40. The first kappa shape index (κ1) is 23.4. The lowest BCUT2D eigenvalue weighted by Gasteiger charge is -2.25. The quantitative estimate of drug-likeness (QED) is 0.210. The van der Waals surface area contributed by atoms with Gasteiger partial charge in [-0.25, -0.2) is 4.39 Å². The van der Waals surface area contributed by atoms with Crippen LogP contribution in [0.25, 0.3) is 16.7 Å². The fourth-order valence-electron chi connectivity index (χ4n) is 4.71. The maximum absolute atomic E-state index is 13.5. The number of carbonyl (C=O) groups excluding carboxylic acids is 2. The summed E-state index contributed by atoms with van der Waals surface area (Å²) in [5.41, 5.74) is 2.93. The van der Waals surface area contributed by atoms with Crippen LogP contribution in [0.15, 0.2) is 84.6 Å². The van der Waals surface area contributed by atoms with Gasteiger partial charge in [0.2, 0.25) is 0 Å². The van der Waals surface area contributed by atoms with Gasteiger partial charge in [0, 0.05) is 29.2 Å². The van der Waals surface area contributed by atoms with Gasteiger partial charge in [0.1, 0.15) is 17.3 Å². The molecule has 0 aliphatic carbocycles. The Labute approximate surface area is 207 Å². The third-order valence-corrected chi connectivity index (χ3v) is 6.46. The number of amides is 1. The van der Waals surface area contributed by atoms with E-state index in [1.165, 1.54) is 29.2 Å². The molecule has 5 rings (SSSR count). The van der Waals surface area contributed by atoms with Crippen LogP contribution in [0.2, 0.25) is 0 Å². The molecule has 0 spiro atoms. The molecule has 36 heavy (non-hydrogen) atoms. The number of aromatic nitrogens is 1. The van der Waals surface area contributed by atoms with Crippen LogP contribution < -0.4 is 4.74 Å². The van der Waals surface area contributed by atoms with E-state index < -0.39 is 23.5 Å². The number of para-hydroxylation sites is 1. The summed E-state index contributed by atoms with van der Waals surface area (Å²) in [4.78, 5) is 31.2. The van der Waals surface area contributed by atoms with Crippen molar-refractivity contribution in [2.24, 2.45) is 0 Å². The molecule has 2 heterocycles. The summed E-state index contributed by atoms with van der Waals surface area (Å²) in [5, 5.41) is 12.2. The van der Waals surface area contributed by atoms with Gasteiger partial charge in [-0.2, -0.15) is 0 Å². The molecule has 1 unspecified atom stereocenters. The number of aromatic amines is 1. The van der Waals surface area contributed by atoms with Crippen molar-refractivity contribution in [1.82, 2.24) is 9.88 Å². The minimum Gasteiger partial charge on any atom is -0.507 e. The van der Waals surface area contributed by atoms with E-state index in [-0.39, 0.29) is 23.4 Å². The fraction of sp³-hybridized carbons (Fsp3) is 0.172. The second-order valence-corrected chi connectivity index (χ2v) is 8.61. The predicted molar refractivity (Wildman–Crippen MR) is 135 cm³/mol. The number of halogens is 1. The minimum absolute atomic E-state index is 0.0188. The first-order chi connectivity index (χ1) is 17.5. The van der Waals surface area contributed by atoms with Gasteiger partial charge < -0.3 is 19.7 Å². The molecule has 1 aliphatic rings. The van der Waals surface area contributed by atoms with Crippen molar-refractivity contribution < 1.29 is 23.8 Å². The van der Waals surface area contributed by atoms with Gasteiger partial charge in [0.05, 0.1) is 18.2 Å². The fourth-order valence-corrected chi connectivity index (χ4v) is 4.71. The number of benzene rings is 3. The molecule has 1 saturated heterocycles. The smallest absolute Gasteiger partial charge is 0.295 e. The number of nitrogens with zero attached hydrogens (tertiary/aromatic N) is 1. The van der Waals surface area contributed by atoms with Crippen LogP contribution in [-0.2, 0) is 16.0 Å². The first-order valence-electron chi connectivity index (χ1n) is 11.8. The molecule has 1 fully saturated rings. The summed E-state index contributed by atoms with van der Waals surface area (Å²) in [6, 6.07) is 19.4. The topological polar surface area (TPSA) is 82.6 Å². The molecule has 4 aromatic rings. The summed E-state index contributed by atoms with van der Waals surface area (Å²) in [6.07, 6.45) is 2.42. The van der Waals surface area contributed by atoms with E-state index in [9.17, 15) is 19.1 Å². The molecule has 1 amide bonds. The number of hydrogen-bond donors (Lipinski definition) is 2. The van der Waals surface area contributed by atoms with Crippen molar-refractivity contribution >= 4 is 28.4 Å².